The van der Waals surface area contributed by atoms with Crippen LogP contribution < -0.4 is 0 Å². The minimum atomic E-state index is -3.24. The molecule has 0 radical (unpaired) electrons. The number of alkyl halides is 2. The molecule has 2 N–H and O–H groups in total. The number of nitrogens with zero attached hydrogens (tertiary/aromatic N) is 2. The van der Waals surface area contributed by atoms with Gasteiger partial charge in [0.25, 0.3) is 6.43 Å². The second-order valence-electron chi connectivity index (χ2n) is 1.96. The fraction of sp³-hybridized carbons (Fsp3) is 0.500. The lowest BCUT2D eigenvalue weighted by atomic mass is 10.2. The Balaban J connectivity index is 4.82. The first-order chi connectivity index (χ1) is 6.58. The SMILES string of the molecule is CCOC(=O)C(=N/O)/C(=N\O)C(F)F. The van der Waals surface area contributed by atoms with E-state index in [-0.39, 0.29) is 6.61 Å². The van der Waals surface area contributed by atoms with Crippen molar-refractivity contribution in [3.8, 4) is 0 Å². The standard InChI is InChI=1S/C6H8F2N2O4/c1-2-14-6(11)4(10-13)3(9-12)5(7)8/h5,12-13H,2H2,1H3/b9-3+,10-4+. The summed E-state index contributed by atoms with van der Waals surface area (Å²) < 4.78 is 28.4. The predicted octanol–water partition coefficient (Wildman–Crippen LogP) is 0.475. The summed E-state index contributed by atoms with van der Waals surface area (Å²) in [6.45, 7) is 1.35. The molecule has 80 valence electrons. The van der Waals surface area contributed by atoms with E-state index in [0.717, 1.165) is 0 Å². The van der Waals surface area contributed by atoms with Crippen LogP contribution in [0.2, 0.25) is 0 Å². The van der Waals surface area contributed by atoms with Gasteiger partial charge in [-0.05, 0) is 6.92 Å². The van der Waals surface area contributed by atoms with Gasteiger partial charge in [-0.25, -0.2) is 13.6 Å². The Morgan fingerprint density at radius 3 is 2.29 bits per heavy atom. The van der Waals surface area contributed by atoms with E-state index in [1.54, 1.807) is 0 Å². The molecule has 8 heteroatoms. The summed E-state index contributed by atoms with van der Waals surface area (Å²) in [5.41, 5.74) is -2.46. The quantitative estimate of drug-likeness (QED) is 0.305. The summed E-state index contributed by atoms with van der Waals surface area (Å²) in [4.78, 5) is 10.8. The van der Waals surface area contributed by atoms with Gasteiger partial charge in [0.15, 0.2) is 5.71 Å². The summed E-state index contributed by atoms with van der Waals surface area (Å²) in [5.74, 6) is -1.29. The molecule has 0 aromatic carbocycles. The summed E-state index contributed by atoms with van der Waals surface area (Å²) in [7, 11) is 0. The molecule has 0 aliphatic carbocycles. The van der Waals surface area contributed by atoms with E-state index >= 15 is 0 Å². The average molecular weight is 210 g/mol. The van der Waals surface area contributed by atoms with Crippen LogP contribution in [-0.2, 0) is 9.53 Å². The number of carbonyl (C=O) groups is 1. The van der Waals surface area contributed by atoms with Crippen molar-refractivity contribution in [2.75, 3.05) is 6.61 Å². The van der Waals surface area contributed by atoms with Crippen molar-refractivity contribution in [1.82, 2.24) is 0 Å². The molecule has 0 fully saturated rings. The zero-order valence-electron chi connectivity index (χ0n) is 7.15. The highest BCUT2D eigenvalue weighted by Crippen LogP contribution is 2.01. The summed E-state index contributed by atoms with van der Waals surface area (Å²) >= 11 is 0. The molecule has 14 heavy (non-hydrogen) atoms. The molecular weight excluding hydrogens is 202 g/mol. The van der Waals surface area contributed by atoms with Crippen molar-refractivity contribution in [3.05, 3.63) is 0 Å². The van der Waals surface area contributed by atoms with Crippen LogP contribution in [0.15, 0.2) is 10.3 Å². The number of rotatable bonds is 4. The lowest BCUT2D eigenvalue weighted by Crippen LogP contribution is -2.31. The topological polar surface area (TPSA) is 91.5 Å². The lowest BCUT2D eigenvalue weighted by Gasteiger charge is -2.04. The summed E-state index contributed by atoms with van der Waals surface area (Å²) in [6, 6.07) is 0. The molecule has 0 bridgehead atoms. The molecular formula is C6H8F2N2O4. The van der Waals surface area contributed by atoms with Crippen molar-refractivity contribution in [2.45, 2.75) is 13.3 Å². The number of halogens is 2. The molecule has 0 aliphatic rings. The molecule has 0 saturated carbocycles. The third kappa shape index (κ3) is 2.96. The maximum atomic E-state index is 12.0. The van der Waals surface area contributed by atoms with Gasteiger partial charge in [-0.1, -0.05) is 10.3 Å². The fourth-order valence-corrected chi connectivity index (χ4v) is 0.590. The van der Waals surface area contributed by atoms with Gasteiger partial charge in [-0.15, -0.1) is 0 Å². The second-order valence-corrected chi connectivity index (χ2v) is 1.96. The van der Waals surface area contributed by atoms with Gasteiger partial charge in [-0.3, -0.25) is 0 Å². The highest BCUT2D eigenvalue weighted by Gasteiger charge is 2.28. The molecule has 0 heterocycles. The van der Waals surface area contributed by atoms with Crippen LogP contribution in [0.1, 0.15) is 6.92 Å². The molecule has 0 aliphatic heterocycles. The Kier molecular flexibility index (Phi) is 5.12. The van der Waals surface area contributed by atoms with Gasteiger partial charge >= 0.3 is 5.97 Å². The van der Waals surface area contributed by atoms with Crippen LogP contribution in [0, 0.1) is 0 Å². The molecule has 0 atom stereocenters. The third-order valence-corrected chi connectivity index (χ3v) is 1.13. The predicted molar refractivity (Wildman–Crippen MR) is 41.1 cm³/mol. The Bertz CT molecular complexity index is 265. The van der Waals surface area contributed by atoms with Gasteiger partial charge < -0.3 is 15.2 Å². The van der Waals surface area contributed by atoms with Crippen LogP contribution in [0.5, 0.6) is 0 Å². The summed E-state index contributed by atoms with van der Waals surface area (Å²) in [5, 5.41) is 20.8. The largest absolute Gasteiger partial charge is 0.461 e. The van der Waals surface area contributed by atoms with Crippen molar-refractivity contribution in [3.63, 3.8) is 0 Å². The van der Waals surface area contributed by atoms with Gasteiger partial charge in [0.2, 0.25) is 5.71 Å². The minimum absolute atomic E-state index is 0.0835. The van der Waals surface area contributed by atoms with E-state index in [1.807, 2.05) is 0 Å². The Labute approximate surface area is 77.5 Å². The molecule has 0 spiro atoms. The molecule has 6 nitrogen and oxygen atoms in total. The number of hydrogen-bond acceptors (Lipinski definition) is 6. The Hall–Kier alpha value is -1.73. The number of carbonyl (C=O) groups excluding carboxylic acids is 1. The van der Waals surface area contributed by atoms with Gasteiger partial charge in [0.1, 0.15) is 0 Å². The molecule has 0 amide bonds. The van der Waals surface area contributed by atoms with Gasteiger partial charge in [0, 0.05) is 0 Å². The monoisotopic (exact) mass is 210 g/mol. The zero-order valence-corrected chi connectivity index (χ0v) is 7.15. The van der Waals surface area contributed by atoms with E-state index in [9.17, 15) is 13.6 Å². The average Bonchev–Trinajstić information content (AvgIpc) is 2.13. The first kappa shape index (κ1) is 12.3. The van der Waals surface area contributed by atoms with Crippen LogP contribution >= 0.6 is 0 Å². The van der Waals surface area contributed by atoms with Crippen LogP contribution in [0.4, 0.5) is 8.78 Å². The highest BCUT2D eigenvalue weighted by atomic mass is 19.3. The number of hydrogen-bond donors (Lipinski definition) is 2. The molecule has 0 aromatic heterocycles. The number of oxime groups is 2. The van der Waals surface area contributed by atoms with Crippen molar-refractivity contribution in [2.24, 2.45) is 10.3 Å². The Morgan fingerprint density at radius 2 is 2.00 bits per heavy atom. The van der Waals surface area contributed by atoms with E-state index in [2.05, 4.69) is 15.0 Å². The Morgan fingerprint density at radius 1 is 1.43 bits per heavy atom. The maximum Gasteiger partial charge on any atom is 0.362 e. The van der Waals surface area contributed by atoms with E-state index in [0.29, 0.717) is 0 Å². The van der Waals surface area contributed by atoms with Crippen LogP contribution in [0.3, 0.4) is 0 Å². The molecule has 0 aromatic rings. The minimum Gasteiger partial charge on any atom is -0.461 e. The normalized spacial score (nSPS) is 13.1. The lowest BCUT2D eigenvalue weighted by molar-refractivity contribution is -0.135. The first-order valence-corrected chi connectivity index (χ1v) is 3.48. The smallest absolute Gasteiger partial charge is 0.362 e. The van der Waals surface area contributed by atoms with Gasteiger partial charge in [-0.2, -0.15) is 0 Å². The van der Waals surface area contributed by atoms with Gasteiger partial charge in [0.05, 0.1) is 6.61 Å². The molecule has 0 unspecified atom stereocenters. The van der Waals surface area contributed by atoms with Crippen LogP contribution in [-0.4, -0.2) is 40.8 Å². The van der Waals surface area contributed by atoms with E-state index in [1.165, 1.54) is 6.92 Å². The van der Waals surface area contributed by atoms with Crippen molar-refractivity contribution < 1.29 is 28.7 Å². The number of ether oxygens (including phenoxy) is 1. The van der Waals surface area contributed by atoms with Crippen molar-refractivity contribution >= 4 is 17.4 Å². The highest BCUT2D eigenvalue weighted by molar-refractivity contribution is 6.66. The second kappa shape index (κ2) is 5.84. The summed E-state index contributed by atoms with van der Waals surface area (Å²) in [6.07, 6.45) is -3.24. The fourth-order valence-electron chi connectivity index (χ4n) is 0.590. The first-order valence-electron chi connectivity index (χ1n) is 3.48. The maximum absolute atomic E-state index is 12.0. The van der Waals surface area contributed by atoms with E-state index in [4.69, 9.17) is 10.4 Å². The molecule has 0 saturated heterocycles. The zero-order chi connectivity index (χ0) is 11.1. The van der Waals surface area contributed by atoms with Crippen molar-refractivity contribution in [1.29, 1.82) is 0 Å². The third-order valence-electron chi connectivity index (χ3n) is 1.13. The molecule has 0 rings (SSSR count). The number of esters is 1. The van der Waals surface area contributed by atoms with Crippen LogP contribution in [0.25, 0.3) is 0 Å². The van der Waals surface area contributed by atoms with E-state index < -0.39 is 23.8 Å².